The standard InChI is InChI=1S/C15H13F5N2S.2ClH/c16-10-9(11(17)13(19)14(20)12(10)18)15(8-2-1-7-23-8)22-5-3-21-4-6-22;;/h1-2,7,15,21H,3-6H2;2*1H/t15-;;/m0../s1. The van der Waals surface area contributed by atoms with Gasteiger partial charge in [0.1, 0.15) is 0 Å². The molecule has 1 aromatic heterocycles. The molecule has 0 bridgehead atoms. The van der Waals surface area contributed by atoms with Crippen molar-refractivity contribution in [1.82, 2.24) is 10.2 Å². The monoisotopic (exact) mass is 420 g/mol. The van der Waals surface area contributed by atoms with E-state index < -0.39 is 40.7 Å². The Hall–Kier alpha value is -0.930. The maximum absolute atomic E-state index is 14.2. The molecule has 25 heavy (non-hydrogen) atoms. The molecule has 1 atom stereocenters. The highest BCUT2D eigenvalue weighted by Gasteiger charge is 2.35. The first kappa shape index (κ1) is 22.1. The van der Waals surface area contributed by atoms with E-state index in [4.69, 9.17) is 0 Å². The zero-order chi connectivity index (χ0) is 16.6. The van der Waals surface area contributed by atoms with Gasteiger partial charge in [-0.3, -0.25) is 4.90 Å². The fourth-order valence-electron chi connectivity index (χ4n) is 2.75. The van der Waals surface area contributed by atoms with E-state index in [-0.39, 0.29) is 24.8 Å². The molecule has 1 aliphatic rings. The summed E-state index contributed by atoms with van der Waals surface area (Å²) in [5.41, 5.74) is -0.786. The molecule has 0 amide bonds. The SMILES string of the molecule is Cl.Cl.Fc1c(F)c(F)c([C@H](c2cccs2)N2CCNCC2)c(F)c1F. The minimum absolute atomic E-state index is 0. The van der Waals surface area contributed by atoms with Crippen molar-refractivity contribution in [1.29, 1.82) is 0 Å². The van der Waals surface area contributed by atoms with Crippen molar-refractivity contribution >= 4 is 36.2 Å². The van der Waals surface area contributed by atoms with Crippen molar-refractivity contribution in [3.05, 3.63) is 57.0 Å². The van der Waals surface area contributed by atoms with Crippen molar-refractivity contribution in [2.75, 3.05) is 26.2 Å². The Morgan fingerprint density at radius 3 is 1.88 bits per heavy atom. The van der Waals surface area contributed by atoms with Crippen LogP contribution in [0.3, 0.4) is 0 Å². The van der Waals surface area contributed by atoms with Gasteiger partial charge in [0.15, 0.2) is 23.3 Å². The summed E-state index contributed by atoms with van der Waals surface area (Å²) in [5, 5.41) is 4.80. The Bertz CT molecular complexity index is 679. The van der Waals surface area contributed by atoms with E-state index in [2.05, 4.69) is 5.32 Å². The van der Waals surface area contributed by atoms with Crippen LogP contribution >= 0.6 is 36.2 Å². The second kappa shape index (κ2) is 9.14. The molecule has 3 rings (SSSR count). The molecule has 0 saturated carbocycles. The van der Waals surface area contributed by atoms with Crippen molar-refractivity contribution in [3.8, 4) is 0 Å². The smallest absolute Gasteiger partial charge is 0.200 e. The number of piperazine rings is 1. The fourth-order valence-corrected chi connectivity index (χ4v) is 3.62. The van der Waals surface area contributed by atoms with Gasteiger partial charge in [-0.1, -0.05) is 6.07 Å². The molecule has 1 saturated heterocycles. The number of nitrogens with one attached hydrogen (secondary N) is 1. The largest absolute Gasteiger partial charge is 0.314 e. The first-order chi connectivity index (χ1) is 11.0. The summed E-state index contributed by atoms with van der Waals surface area (Å²) in [6, 6.07) is 2.32. The quantitative estimate of drug-likeness (QED) is 0.452. The highest BCUT2D eigenvalue weighted by Crippen LogP contribution is 2.37. The first-order valence-electron chi connectivity index (χ1n) is 7.02. The highest BCUT2D eigenvalue weighted by atomic mass is 35.5. The van der Waals surface area contributed by atoms with Crippen LogP contribution < -0.4 is 5.32 Å². The minimum Gasteiger partial charge on any atom is -0.314 e. The average Bonchev–Trinajstić information content (AvgIpc) is 3.10. The van der Waals surface area contributed by atoms with Gasteiger partial charge >= 0.3 is 0 Å². The van der Waals surface area contributed by atoms with Crippen LogP contribution in [0.1, 0.15) is 16.5 Å². The van der Waals surface area contributed by atoms with Crippen LogP contribution in [0.4, 0.5) is 22.0 Å². The lowest BCUT2D eigenvalue weighted by Gasteiger charge is -2.35. The van der Waals surface area contributed by atoms with Gasteiger partial charge in [-0.05, 0) is 11.4 Å². The molecule has 0 spiro atoms. The van der Waals surface area contributed by atoms with Gasteiger partial charge < -0.3 is 5.32 Å². The lowest BCUT2D eigenvalue weighted by Crippen LogP contribution is -2.45. The topological polar surface area (TPSA) is 15.3 Å². The van der Waals surface area contributed by atoms with Gasteiger partial charge in [-0.25, -0.2) is 22.0 Å². The number of thiophene rings is 1. The minimum atomic E-state index is -2.13. The summed E-state index contributed by atoms with van der Waals surface area (Å²) >= 11 is 1.22. The Kier molecular flexibility index (Phi) is 8.08. The third-order valence-electron chi connectivity index (χ3n) is 3.85. The molecule has 1 N–H and O–H groups in total. The number of rotatable bonds is 3. The summed E-state index contributed by atoms with van der Waals surface area (Å²) in [7, 11) is 0. The van der Waals surface area contributed by atoms with Crippen LogP contribution in [-0.4, -0.2) is 31.1 Å². The van der Waals surface area contributed by atoms with Crippen molar-refractivity contribution in [3.63, 3.8) is 0 Å². The zero-order valence-electron chi connectivity index (χ0n) is 12.7. The molecule has 0 radical (unpaired) electrons. The molecule has 0 unspecified atom stereocenters. The zero-order valence-corrected chi connectivity index (χ0v) is 15.1. The Morgan fingerprint density at radius 2 is 1.40 bits per heavy atom. The normalized spacial score (nSPS) is 16.0. The van der Waals surface area contributed by atoms with Crippen LogP contribution in [0.25, 0.3) is 0 Å². The van der Waals surface area contributed by atoms with Crippen LogP contribution in [0.5, 0.6) is 0 Å². The molecule has 2 heterocycles. The number of nitrogens with zero attached hydrogens (tertiary/aromatic N) is 1. The summed E-state index contributed by atoms with van der Waals surface area (Å²) in [4.78, 5) is 2.26. The van der Waals surface area contributed by atoms with Crippen molar-refractivity contribution in [2.24, 2.45) is 0 Å². The molecular weight excluding hydrogens is 406 g/mol. The predicted molar refractivity (Wildman–Crippen MR) is 91.3 cm³/mol. The fraction of sp³-hybridized carbons (Fsp3) is 0.333. The van der Waals surface area contributed by atoms with Gasteiger partial charge in [-0.15, -0.1) is 36.2 Å². The Labute approximate surface area is 157 Å². The maximum atomic E-state index is 14.2. The molecule has 1 aromatic carbocycles. The van der Waals surface area contributed by atoms with E-state index in [9.17, 15) is 22.0 Å². The van der Waals surface area contributed by atoms with Gasteiger partial charge in [0, 0.05) is 31.1 Å². The van der Waals surface area contributed by atoms with Crippen molar-refractivity contribution in [2.45, 2.75) is 6.04 Å². The summed E-state index contributed by atoms with van der Waals surface area (Å²) < 4.78 is 68.9. The third-order valence-corrected chi connectivity index (χ3v) is 4.77. The second-order valence-electron chi connectivity index (χ2n) is 5.19. The Morgan fingerprint density at radius 1 is 0.880 bits per heavy atom. The van der Waals surface area contributed by atoms with E-state index in [0.29, 0.717) is 31.1 Å². The number of benzene rings is 1. The van der Waals surface area contributed by atoms with E-state index in [1.165, 1.54) is 11.3 Å². The molecule has 140 valence electrons. The summed E-state index contributed by atoms with van der Waals surface area (Å²) in [5.74, 6) is -9.48. The molecule has 1 fully saturated rings. The van der Waals surface area contributed by atoms with Crippen LogP contribution in [0, 0.1) is 29.1 Å². The predicted octanol–water partition coefficient (Wildman–Crippen LogP) is 4.28. The van der Waals surface area contributed by atoms with Crippen molar-refractivity contribution < 1.29 is 22.0 Å². The molecule has 2 nitrogen and oxygen atoms in total. The molecular formula is C15H15Cl2F5N2S. The number of hydrogen-bond donors (Lipinski definition) is 1. The van der Waals surface area contributed by atoms with Gasteiger partial charge in [0.25, 0.3) is 0 Å². The lowest BCUT2D eigenvalue weighted by atomic mass is 10.0. The van der Waals surface area contributed by atoms with E-state index in [0.717, 1.165) is 0 Å². The van der Waals surface area contributed by atoms with Crippen LogP contribution in [0.15, 0.2) is 17.5 Å². The third kappa shape index (κ3) is 4.09. The van der Waals surface area contributed by atoms with E-state index in [1.807, 2.05) is 0 Å². The first-order valence-corrected chi connectivity index (χ1v) is 7.89. The van der Waals surface area contributed by atoms with Gasteiger partial charge in [-0.2, -0.15) is 0 Å². The van der Waals surface area contributed by atoms with E-state index in [1.54, 1.807) is 22.4 Å². The average molecular weight is 421 g/mol. The maximum Gasteiger partial charge on any atom is 0.200 e. The molecule has 2 aromatic rings. The van der Waals surface area contributed by atoms with Gasteiger partial charge in [0.05, 0.1) is 11.6 Å². The molecule has 1 aliphatic heterocycles. The Balaban J connectivity index is 0.00000156. The number of hydrogen-bond acceptors (Lipinski definition) is 3. The number of halogens is 7. The second-order valence-corrected chi connectivity index (χ2v) is 6.17. The summed E-state index contributed by atoms with van der Waals surface area (Å²) in [6.07, 6.45) is 0. The molecule has 0 aliphatic carbocycles. The van der Waals surface area contributed by atoms with Crippen LogP contribution in [-0.2, 0) is 0 Å². The van der Waals surface area contributed by atoms with E-state index >= 15 is 0 Å². The molecule has 10 heteroatoms. The lowest BCUT2D eigenvalue weighted by molar-refractivity contribution is 0.190. The van der Waals surface area contributed by atoms with Crippen LogP contribution in [0.2, 0.25) is 0 Å². The summed E-state index contributed by atoms with van der Waals surface area (Å²) in [6.45, 7) is 2.05. The van der Waals surface area contributed by atoms with Gasteiger partial charge in [0.2, 0.25) is 5.82 Å². The highest BCUT2D eigenvalue weighted by molar-refractivity contribution is 7.10.